The summed E-state index contributed by atoms with van der Waals surface area (Å²) in [6.07, 6.45) is 1.24. The van der Waals surface area contributed by atoms with Crippen LogP contribution in [0.4, 0.5) is 4.39 Å². The zero-order valence-corrected chi connectivity index (χ0v) is 11.1. The maximum absolute atomic E-state index is 12.0. The molecule has 0 radical (unpaired) electrons. The monoisotopic (exact) mass is 266 g/mol. The smallest absolute Gasteiger partial charge is 0.445 e. The molecule has 0 fully saturated rings. The molecule has 0 spiro atoms. The van der Waals surface area contributed by atoms with E-state index >= 15 is 0 Å². The van der Waals surface area contributed by atoms with E-state index in [-0.39, 0.29) is 11.3 Å². The first-order valence-electron chi connectivity index (χ1n) is 5.94. The van der Waals surface area contributed by atoms with E-state index in [9.17, 15) is 14.4 Å². The highest BCUT2D eigenvalue weighted by molar-refractivity contribution is 6.61. The van der Waals surface area contributed by atoms with Gasteiger partial charge in [0.1, 0.15) is 0 Å². The average molecular weight is 266 g/mol. The van der Waals surface area contributed by atoms with Crippen molar-refractivity contribution in [2.45, 2.75) is 20.8 Å². The minimum Gasteiger partial charge on any atom is -0.445 e. The minimum atomic E-state index is -1.63. The SMILES string of the molecule is CC.Cc1cc(B(O)O)c2ncc(OCF)nc2c1. The molecular formula is C12H16BFN2O3. The van der Waals surface area contributed by atoms with Gasteiger partial charge in [0.15, 0.2) is 0 Å². The van der Waals surface area contributed by atoms with E-state index < -0.39 is 14.0 Å². The number of hydrogen-bond acceptors (Lipinski definition) is 5. The Kier molecular flexibility index (Phi) is 5.66. The molecular weight excluding hydrogens is 250 g/mol. The Balaban J connectivity index is 0.000000861. The van der Waals surface area contributed by atoms with Crippen LogP contribution in [0.5, 0.6) is 5.88 Å². The summed E-state index contributed by atoms with van der Waals surface area (Å²) in [4.78, 5) is 8.01. The van der Waals surface area contributed by atoms with Crippen molar-refractivity contribution < 1.29 is 19.2 Å². The highest BCUT2D eigenvalue weighted by Crippen LogP contribution is 2.14. The van der Waals surface area contributed by atoms with Crippen LogP contribution in [-0.2, 0) is 0 Å². The Hall–Kier alpha value is -1.73. The van der Waals surface area contributed by atoms with Crippen LogP contribution in [0.1, 0.15) is 19.4 Å². The Morgan fingerprint density at radius 2 is 2.00 bits per heavy atom. The van der Waals surface area contributed by atoms with E-state index in [1.807, 2.05) is 13.8 Å². The van der Waals surface area contributed by atoms with E-state index in [4.69, 9.17) is 0 Å². The summed E-state index contributed by atoms with van der Waals surface area (Å²) in [6.45, 7) is 4.80. The van der Waals surface area contributed by atoms with Crippen LogP contribution in [0, 0.1) is 6.92 Å². The molecule has 7 heteroatoms. The van der Waals surface area contributed by atoms with Crippen molar-refractivity contribution in [2.75, 3.05) is 6.86 Å². The number of rotatable bonds is 3. The number of alkyl halides is 1. The maximum Gasteiger partial charge on any atom is 0.490 e. The van der Waals surface area contributed by atoms with Gasteiger partial charge >= 0.3 is 7.12 Å². The third kappa shape index (κ3) is 3.62. The Morgan fingerprint density at radius 3 is 2.58 bits per heavy atom. The molecule has 102 valence electrons. The van der Waals surface area contributed by atoms with Crippen LogP contribution in [0.3, 0.4) is 0 Å². The lowest BCUT2D eigenvalue weighted by molar-refractivity contribution is 0.184. The second kappa shape index (κ2) is 7.01. The number of hydrogen-bond donors (Lipinski definition) is 2. The summed E-state index contributed by atoms with van der Waals surface area (Å²) in [6, 6.07) is 3.32. The van der Waals surface area contributed by atoms with Crippen molar-refractivity contribution in [1.82, 2.24) is 9.97 Å². The molecule has 2 aromatic rings. The molecule has 5 nitrogen and oxygen atoms in total. The molecule has 0 unspecified atom stereocenters. The molecule has 0 aliphatic rings. The van der Waals surface area contributed by atoms with Crippen LogP contribution in [0.2, 0.25) is 0 Å². The van der Waals surface area contributed by atoms with Gasteiger partial charge in [-0.3, -0.25) is 0 Å². The molecule has 1 aromatic heterocycles. The summed E-state index contributed by atoms with van der Waals surface area (Å²) in [7, 11) is -1.63. The van der Waals surface area contributed by atoms with Gasteiger partial charge in [0, 0.05) is 5.46 Å². The fourth-order valence-corrected chi connectivity index (χ4v) is 1.60. The zero-order chi connectivity index (χ0) is 14.4. The number of benzene rings is 1. The molecule has 0 aliphatic carbocycles. The minimum absolute atomic E-state index is 0.0592. The van der Waals surface area contributed by atoms with Gasteiger partial charge in [0.2, 0.25) is 12.7 Å². The van der Waals surface area contributed by atoms with E-state index in [2.05, 4.69) is 14.7 Å². The Labute approximate surface area is 111 Å². The quantitative estimate of drug-likeness (QED) is 0.809. The van der Waals surface area contributed by atoms with Crippen molar-refractivity contribution in [3.8, 4) is 5.88 Å². The van der Waals surface area contributed by atoms with Gasteiger partial charge in [0.25, 0.3) is 0 Å². The van der Waals surface area contributed by atoms with Gasteiger partial charge in [-0.2, -0.15) is 0 Å². The molecule has 2 N–H and O–H groups in total. The summed E-state index contributed by atoms with van der Waals surface area (Å²) in [5, 5.41) is 18.4. The highest BCUT2D eigenvalue weighted by Gasteiger charge is 2.17. The van der Waals surface area contributed by atoms with Crippen LogP contribution in [0.25, 0.3) is 11.0 Å². The molecule has 0 atom stereocenters. The zero-order valence-electron chi connectivity index (χ0n) is 11.1. The van der Waals surface area contributed by atoms with Crippen LogP contribution < -0.4 is 10.2 Å². The maximum atomic E-state index is 12.0. The highest BCUT2D eigenvalue weighted by atomic mass is 19.1. The largest absolute Gasteiger partial charge is 0.490 e. The lowest BCUT2D eigenvalue weighted by Crippen LogP contribution is -2.31. The Bertz CT molecular complexity index is 552. The topological polar surface area (TPSA) is 75.5 Å². The lowest BCUT2D eigenvalue weighted by atomic mass is 9.78. The van der Waals surface area contributed by atoms with Gasteiger partial charge in [-0.1, -0.05) is 19.9 Å². The lowest BCUT2D eigenvalue weighted by Gasteiger charge is -2.07. The predicted octanol–water partition coefficient (Wildman–Crippen LogP) is 0.950. The number of aryl methyl sites for hydroxylation is 1. The van der Waals surface area contributed by atoms with Gasteiger partial charge in [-0.15, -0.1) is 0 Å². The first kappa shape index (κ1) is 15.3. The average Bonchev–Trinajstić information content (AvgIpc) is 2.40. The number of aromatic nitrogens is 2. The fraction of sp³-hybridized carbons (Fsp3) is 0.333. The fourth-order valence-electron chi connectivity index (χ4n) is 1.60. The predicted molar refractivity (Wildman–Crippen MR) is 72.1 cm³/mol. The van der Waals surface area contributed by atoms with Crippen LogP contribution in [-0.4, -0.2) is 34.0 Å². The number of halogens is 1. The number of ether oxygens (including phenoxy) is 1. The van der Waals surface area contributed by atoms with Gasteiger partial charge in [0.05, 0.1) is 17.2 Å². The molecule has 0 saturated heterocycles. The second-order valence-corrected chi connectivity index (χ2v) is 3.56. The first-order valence-corrected chi connectivity index (χ1v) is 5.94. The van der Waals surface area contributed by atoms with Gasteiger partial charge < -0.3 is 14.8 Å². The van der Waals surface area contributed by atoms with Crippen molar-refractivity contribution in [2.24, 2.45) is 0 Å². The van der Waals surface area contributed by atoms with Crippen molar-refractivity contribution in [3.63, 3.8) is 0 Å². The van der Waals surface area contributed by atoms with E-state index in [0.29, 0.717) is 11.0 Å². The first-order chi connectivity index (χ1) is 9.11. The molecule has 19 heavy (non-hydrogen) atoms. The molecule has 0 saturated carbocycles. The van der Waals surface area contributed by atoms with E-state index in [1.165, 1.54) is 6.20 Å². The standard InChI is InChI=1S/C10H10BFN2O3.C2H6/c1-6-2-7(11(15)16)10-8(3-6)14-9(4-13-10)17-5-12;1-2/h2-4,15-16H,5H2,1H3;1-2H3. The summed E-state index contributed by atoms with van der Waals surface area (Å²) in [5.41, 5.74) is 1.85. The molecule has 0 bridgehead atoms. The van der Waals surface area contributed by atoms with Gasteiger partial charge in [-0.25, -0.2) is 14.4 Å². The van der Waals surface area contributed by atoms with Gasteiger partial charge in [-0.05, 0) is 18.6 Å². The molecule has 1 aromatic carbocycles. The summed E-state index contributed by atoms with van der Waals surface area (Å²) >= 11 is 0. The normalized spacial score (nSPS) is 9.79. The molecule has 2 rings (SSSR count). The van der Waals surface area contributed by atoms with Crippen molar-refractivity contribution >= 4 is 23.6 Å². The summed E-state index contributed by atoms with van der Waals surface area (Å²) in [5.74, 6) is 0.0592. The van der Waals surface area contributed by atoms with E-state index in [1.54, 1.807) is 19.1 Å². The molecule has 0 amide bonds. The van der Waals surface area contributed by atoms with Crippen molar-refractivity contribution in [3.05, 3.63) is 23.9 Å². The van der Waals surface area contributed by atoms with Crippen LogP contribution in [0.15, 0.2) is 18.3 Å². The molecule has 0 aliphatic heterocycles. The Morgan fingerprint density at radius 1 is 1.32 bits per heavy atom. The second-order valence-electron chi connectivity index (χ2n) is 3.56. The van der Waals surface area contributed by atoms with Crippen LogP contribution >= 0.6 is 0 Å². The number of fused-ring (bicyclic) bond motifs is 1. The third-order valence-electron chi connectivity index (χ3n) is 2.28. The third-order valence-corrected chi connectivity index (χ3v) is 2.28. The van der Waals surface area contributed by atoms with E-state index in [0.717, 1.165) is 5.56 Å². The number of nitrogens with zero attached hydrogens (tertiary/aromatic N) is 2. The summed E-state index contributed by atoms with van der Waals surface area (Å²) < 4.78 is 16.6. The molecule has 1 heterocycles. The van der Waals surface area contributed by atoms with Crippen molar-refractivity contribution in [1.29, 1.82) is 0 Å².